The Balaban J connectivity index is 2.35. The number of hydrogen-bond acceptors (Lipinski definition) is 6. The molecule has 0 aliphatic carbocycles. The minimum atomic E-state index is -0.342. The number of anilines is 2. The molecule has 0 bridgehead atoms. The predicted molar refractivity (Wildman–Crippen MR) is 87.4 cm³/mol. The summed E-state index contributed by atoms with van der Waals surface area (Å²) in [6.07, 6.45) is 3.53. The van der Waals surface area contributed by atoms with E-state index in [1.165, 1.54) is 6.92 Å². The third-order valence-electron chi connectivity index (χ3n) is 3.42. The van der Waals surface area contributed by atoms with Crippen LogP contribution in [-0.2, 0) is 4.79 Å². The van der Waals surface area contributed by atoms with E-state index in [1.807, 2.05) is 13.0 Å². The molecule has 0 aliphatic heterocycles. The molecule has 0 saturated heterocycles. The van der Waals surface area contributed by atoms with Gasteiger partial charge in [-0.25, -0.2) is 4.98 Å². The summed E-state index contributed by atoms with van der Waals surface area (Å²) in [5.41, 5.74) is 6.80. The van der Waals surface area contributed by atoms with Gasteiger partial charge < -0.3 is 16.4 Å². The van der Waals surface area contributed by atoms with Crippen LogP contribution in [0.4, 0.5) is 11.8 Å². The molecular weight excluding hydrogens is 280 g/mol. The number of hydrogen-bond donors (Lipinski definition) is 3. The number of nitrogens with zero attached hydrogens (tertiary/aromatic N) is 3. The zero-order chi connectivity index (χ0) is 16.2. The van der Waals surface area contributed by atoms with Gasteiger partial charge in [-0.05, 0) is 25.5 Å². The lowest BCUT2D eigenvalue weighted by Crippen LogP contribution is -2.46. The molecule has 0 radical (unpaired) electrons. The summed E-state index contributed by atoms with van der Waals surface area (Å²) in [6, 6.07) is 3.65. The third-order valence-corrected chi connectivity index (χ3v) is 3.42. The Morgan fingerprint density at radius 3 is 2.86 bits per heavy atom. The second-order valence-electron chi connectivity index (χ2n) is 5.65. The molecule has 4 N–H and O–H groups in total. The van der Waals surface area contributed by atoms with Gasteiger partial charge in [0.15, 0.2) is 5.82 Å². The number of nitrogens with one attached hydrogen (secondary N) is 2. The van der Waals surface area contributed by atoms with Gasteiger partial charge >= 0.3 is 0 Å². The molecule has 0 aromatic carbocycles. The lowest BCUT2D eigenvalue weighted by atomic mass is 9.95. The third kappa shape index (κ3) is 3.81. The van der Waals surface area contributed by atoms with Crippen LogP contribution in [0.2, 0.25) is 0 Å². The summed E-state index contributed by atoms with van der Waals surface area (Å²) < 4.78 is 0. The molecule has 1 atom stereocenters. The van der Waals surface area contributed by atoms with Gasteiger partial charge in [0.1, 0.15) is 5.52 Å². The molecule has 2 rings (SSSR count). The smallest absolute Gasteiger partial charge is 0.222 e. The molecule has 7 nitrogen and oxygen atoms in total. The highest BCUT2D eigenvalue weighted by atomic mass is 16.1. The number of carbonyl (C=O) groups excluding carboxylic acids is 1. The number of rotatable bonds is 6. The van der Waals surface area contributed by atoms with Crippen molar-refractivity contribution >= 4 is 28.7 Å². The molecule has 22 heavy (non-hydrogen) atoms. The summed E-state index contributed by atoms with van der Waals surface area (Å²) in [5, 5.41) is 6.24. The summed E-state index contributed by atoms with van der Waals surface area (Å²) in [7, 11) is 0. The Bertz CT molecular complexity index is 674. The van der Waals surface area contributed by atoms with E-state index in [0.717, 1.165) is 12.8 Å². The van der Waals surface area contributed by atoms with E-state index >= 15 is 0 Å². The fourth-order valence-corrected chi connectivity index (χ4v) is 2.42. The predicted octanol–water partition coefficient (Wildman–Crippen LogP) is 1.71. The van der Waals surface area contributed by atoms with Crippen molar-refractivity contribution in [3.05, 3.63) is 18.3 Å². The molecule has 2 aromatic rings. The topological polar surface area (TPSA) is 106 Å². The van der Waals surface area contributed by atoms with Crippen LogP contribution in [0.15, 0.2) is 18.3 Å². The van der Waals surface area contributed by atoms with E-state index < -0.39 is 0 Å². The van der Waals surface area contributed by atoms with Crippen LogP contribution in [-0.4, -0.2) is 32.9 Å². The molecule has 1 amide bonds. The van der Waals surface area contributed by atoms with E-state index in [1.54, 1.807) is 12.3 Å². The minimum Gasteiger partial charge on any atom is -0.368 e. The van der Waals surface area contributed by atoms with Crippen LogP contribution >= 0.6 is 0 Å². The highest BCUT2D eigenvalue weighted by Crippen LogP contribution is 2.24. The van der Waals surface area contributed by atoms with Crippen LogP contribution in [0, 0.1) is 0 Å². The maximum Gasteiger partial charge on any atom is 0.222 e. The fraction of sp³-hybridized carbons (Fsp3) is 0.467. The highest BCUT2D eigenvalue weighted by molar-refractivity contribution is 5.86. The van der Waals surface area contributed by atoms with Crippen LogP contribution in [0.1, 0.15) is 33.6 Å². The first kappa shape index (κ1) is 15.9. The van der Waals surface area contributed by atoms with Crippen molar-refractivity contribution in [1.29, 1.82) is 0 Å². The first-order valence-electron chi connectivity index (χ1n) is 7.34. The van der Waals surface area contributed by atoms with Crippen molar-refractivity contribution in [1.82, 2.24) is 20.3 Å². The van der Waals surface area contributed by atoms with Crippen molar-refractivity contribution in [3.8, 4) is 0 Å². The quantitative estimate of drug-likeness (QED) is 0.750. The van der Waals surface area contributed by atoms with Crippen molar-refractivity contribution < 1.29 is 4.79 Å². The molecule has 7 heteroatoms. The van der Waals surface area contributed by atoms with Gasteiger partial charge in [0.05, 0.1) is 11.1 Å². The average molecular weight is 302 g/mol. The SMILES string of the molecule is CCCC(C)(CNC(C)=O)Nc1nc(N)nc2cccnc12. The van der Waals surface area contributed by atoms with E-state index in [-0.39, 0.29) is 17.4 Å². The van der Waals surface area contributed by atoms with Gasteiger partial charge in [-0.15, -0.1) is 0 Å². The first-order valence-corrected chi connectivity index (χ1v) is 7.34. The maximum absolute atomic E-state index is 11.2. The van der Waals surface area contributed by atoms with Crippen molar-refractivity contribution in [2.24, 2.45) is 0 Å². The van der Waals surface area contributed by atoms with E-state index in [9.17, 15) is 4.79 Å². The molecule has 1 unspecified atom stereocenters. The Kier molecular flexibility index (Phi) is 4.75. The second-order valence-corrected chi connectivity index (χ2v) is 5.65. The standard InChI is InChI=1S/C15H22N6O/c1-4-7-15(3,9-18-10(2)22)21-13-12-11(6-5-8-17-12)19-14(16)20-13/h5-6,8H,4,7,9H2,1-3H3,(H,18,22)(H3,16,19,20,21). The van der Waals surface area contributed by atoms with Gasteiger partial charge in [-0.2, -0.15) is 4.98 Å². The molecule has 0 aliphatic rings. The van der Waals surface area contributed by atoms with Gasteiger partial charge in [0.2, 0.25) is 11.9 Å². The summed E-state index contributed by atoms with van der Waals surface area (Å²) in [4.78, 5) is 24.0. The monoisotopic (exact) mass is 302 g/mol. The number of nitrogen functional groups attached to an aromatic ring is 1. The average Bonchev–Trinajstić information content (AvgIpc) is 2.45. The van der Waals surface area contributed by atoms with Crippen molar-refractivity contribution in [3.63, 3.8) is 0 Å². The van der Waals surface area contributed by atoms with Gasteiger partial charge in [0, 0.05) is 19.7 Å². The van der Waals surface area contributed by atoms with Crippen LogP contribution < -0.4 is 16.4 Å². The number of aromatic nitrogens is 3. The molecule has 0 fully saturated rings. The van der Waals surface area contributed by atoms with Gasteiger partial charge in [-0.3, -0.25) is 9.78 Å². The number of carbonyl (C=O) groups is 1. The minimum absolute atomic E-state index is 0.0608. The highest BCUT2D eigenvalue weighted by Gasteiger charge is 2.25. The lowest BCUT2D eigenvalue weighted by molar-refractivity contribution is -0.119. The van der Waals surface area contributed by atoms with Crippen LogP contribution in [0.25, 0.3) is 11.0 Å². The van der Waals surface area contributed by atoms with Gasteiger partial charge in [-0.1, -0.05) is 13.3 Å². The Morgan fingerprint density at radius 2 is 2.18 bits per heavy atom. The summed E-state index contributed by atoms with van der Waals surface area (Å²) in [6.45, 7) is 6.14. The number of fused-ring (bicyclic) bond motifs is 1. The van der Waals surface area contributed by atoms with E-state index in [2.05, 4.69) is 32.5 Å². The molecule has 0 spiro atoms. The van der Waals surface area contributed by atoms with Crippen LogP contribution in [0.3, 0.4) is 0 Å². The second kappa shape index (κ2) is 6.55. The number of pyridine rings is 1. The van der Waals surface area contributed by atoms with Gasteiger partial charge in [0.25, 0.3) is 0 Å². The van der Waals surface area contributed by atoms with Crippen molar-refractivity contribution in [2.45, 2.75) is 39.2 Å². The van der Waals surface area contributed by atoms with Crippen LogP contribution in [0.5, 0.6) is 0 Å². The fourth-order valence-electron chi connectivity index (χ4n) is 2.42. The summed E-state index contributed by atoms with van der Waals surface area (Å²) in [5.74, 6) is 0.722. The molecule has 118 valence electrons. The maximum atomic E-state index is 11.2. The Labute approximate surface area is 129 Å². The normalized spacial score (nSPS) is 13.6. The molecule has 2 aromatic heterocycles. The molecular formula is C15H22N6O. The lowest BCUT2D eigenvalue weighted by Gasteiger charge is -2.31. The molecule has 0 saturated carbocycles. The molecule has 2 heterocycles. The van der Waals surface area contributed by atoms with E-state index in [0.29, 0.717) is 23.4 Å². The Hall–Kier alpha value is -2.44. The summed E-state index contributed by atoms with van der Waals surface area (Å²) >= 11 is 0. The zero-order valence-corrected chi connectivity index (χ0v) is 13.2. The van der Waals surface area contributed by atoms with Crippen molar-refractivity contribution in [2.75, 3.05) is 17.6 Å². The Morgan fingerprint density at radius 1 is 1.41 bits per heavy atom. The zero-order valence-electron chi connectivity index (χ0n) is 13.2. The van der Waals surface area contributed by atoms with E-state index in [4.69, 9.17) is 5.73 Å². The number of amides is 1. The first-order chi connectivity index (χ1) is 10.4. The largest absolute Gasteiger partial charge is 0.368 e. The number of nitrogens with two attached hydrogens (primary N) is 1.